The Morgan fingerprint density at radius 1 is 0.941 bits per heavy atom. The lowest BCUT2D eigenvalue weighted by Crippen LogP contribution is -2.14. The van der Waals surface area contributed by atoms with E-state index in [-0.39, 0.29) is 17.8 Å². The highest BCUT2D eigenvalue weighted by atomic mass is 19.4. The van der Waals surface area contributed by atoms with Crippen LogP contribution in [0.3, 0.4) is 0 Å². The highest BCUT2D eigenvalue weighted by Crippen LogP contribution is 2.31. The molecule has 2 aromatic heterocycles. The van der Waals surface area contributed by atoms with E-state index < -0.39 is 23.4 Å². The number of rotatable bonds is 10. The van der Waals surface area contributed by atoms with E-state index in [9.17, 15) is 22.0 Å². The average Bonchev–Trinajstić information content (AvgIpc) is 2.77. The first kappa shape index (κ1) is 25.5. The van der Waals surface area contributed by atoms with Gasteiger partial charge in [0.25, 0.3) is 0 Å². The topological polar surface area (TPSA) is 53.9 Å². The van der Waals surface area contributed by atoms with Gasteiger partial charge in [0.1, 0.15) is 17.5 Å². The first-order chi connectivity index (χ1) is 16.1. The summed E-state index contributed by atoms with van der Waals surface area (Å²) in [4.78, 5) is 14.5. The number of alkyl halides is 3. The van der Waals surface area contributed by atoms with E-state index in [4.69, 9.17) is 0 Å². The van der Waals surface area contributed by atoms with Crippen molar-refractivity contribution in [2.24, 2.45) is 0 Å². The molecule has 0 bridgehead atoms. The molecule has 0 unspecified atom stereocenters. The number of anilines is 1. The first-order valence-electron chi connectivity index (χ1n) is 10.8. The van der Waals surface area contributed by atoms with Gasteiger partial charge in [0.15, 0.2) is 5.82 Å². The van der Waals surface area contributed by atoms with E-state index in [0.29, 0.717) is 30.0 Å². The van der Waals surface area contributed by atoms with Gasteiger partial charge in [-0.3, -0.25) is 4.98 Å². The zero-order valence-corrected chi connectivity index (χ0v) is 19.0. The normalized spacial score (nSPS) is 11.8. The number of unbranched alkanes of at least 4 members (excludes halogenated alkanes) is 1. The van der Waals surface area contributed by atoms with E-state index in [1.54, 1.807) is 6.07 Å². The Hall–Kier alpha value is -3.14. The van der Waals surface area contributed by atoms with Gasteiger partial charge in [0.2, 0.25) is 0 Å². The Morgan fingerprint density at radius 3 is 2.44 bits per heavy atom. The van der Waals surface area contributed by atoms with Gasteiger partial charge in [-0.25, -0.2) is 18.7 Å². The van der Waals surface area contributed by atoms with E-state index in [1.807, 2.05) is 14.1 Å². The minimum atomic E-state index is -4.55. The van der Waals surface area contributed by atoms with Crippen molar-refractivity contribution in [3.8, 4) is 11.4 Å². The number of halogens is 5. The van der Waals surface area contributed by atoms with Gasteiger partial charge in [0.05, 0.1) is 5.56 Å². The Kier molecular flexibility index (Phi) is 8.49. The number of hydrogen-bond donors (Lipinski definition) is 1. The Labute approximate surface area is 195 Å². The van der Waals surface area contributed by atoms with E-state index >= 15 is 0 Å². The lowest BCUT2D eigenvalue weighted by molar-refractivity contribution is -0.137. The maximum atomic E-state index is 14.0. The van der Waals surface area contributed by atoms with Crippen molar-refractivity contribution < 1.29 is 22.0 Å². The van der Waals surface area contributed by atoms with Crippen molar-refractivity contribution in [1.82, 2.24) is 19.9 Å². The van der Waals surface area contributed by atoms with Gasteiger partial charge in [-0.1, -0.05) is 6.07 Å². The van der Waals surface area contributed by atoms with Crippen molar-refractivity contribution in [2.75, 3.05) is 32.5 Å². The van der Waals surface area contributed by atoms with Crippen LogP contribution in [-0.4, -0.2) is 47.0 Å². The molecule has 0 atom stereocenters. The fourth-order valence-corrected chi connectivity index (χ4v) is 3.32. The van der Waals surface area contributed by atoms with Crippen LogP contribution in [0.4, 0.5) is 27.8 Å². The van der Waals surface area contributed by atoms with Gasteiger partial charge in [0, 0.05) is 42.3 Å². The summed E-state index contributed by atoms with van der Waals surface area (Å²) in [5.41, 5.74) is 0.0632. The monoisotopic (exact) mass is 479 g/mol. The van der Waals surface area contributed by atoms with Crippen molar-refractivity contribution in [2.45, 2.75) is 31.9 Å². The largest absolute Gasteiger partial charge is 0.417 e. The van der Waals surface area contributed by atoms with E-state index in [2.05, 4.69) is 25.2 Å². The van der Waals surface area contributed by atoms with Crippen LogP contribution in [0.2, 0.25) is 0 Å². The number of aromatic nitrogens is 3. The molecule has 5 nitrogen and oxygen atoms in total. The number of benzene rings is 1. The summed E-state index contributed by atoms with van der Waals surface area (Å²) in [6.45, 7) is 1.55. The molecule has 1 aromatic carbocycles. The Balaban J connectivity index is 1.84. The standard InChI is InChI=1S/C24H26F5N5/c1-34(2)10-4-3-9-31-22-13-20(8-6-16-5-7-19(25)12-21(16)26)32-23(33-22)17-11-18(15-30-14-17)24(27,28)29/h5,7,11-15H,3-4,6,8-10H2,1-2H3,(H,31,32,33). The van der Waals surface area contributed by atoms with Crippen molar-refractivity contribution in [3.63, 3.8) is 0 Å². The summed E-state index contributed by atoms with van der Waals surface area (Å²) in [6, 6.07) is 6.01. The molecule has 2 heterocycles. The van der Waals surface area contributed by atoms with Crippen LogP contribution in [-0.2, 0) is 19.0 Å². The molecule has 0 fully saturated rings. The summed E-state index contributed by atoms with van der Waals surface area (Å²) in [5, 5.41) is 3.19. The van der Waals surface area contributed by atoms with E-state index in [1.165, 1.54) is 18.3 Å². The highest BCUT2D eigenvalue weighted by molar-refractivity contribution is 5.57. The lowest BCUT2D eigenvalue weighted by atomic mass is 10.1. The summed E-state index contributed by atoms with van der Waals surface area (Å²) in [7, 11) is 3.98. The van der Waals surface area contributed by atoms with Crippen LogP contribution in [0.1, 0.15) is 29.7 Å². The third kappa shape index (κ3) is 7.44. The zero-order chi connectivity index (χ0) is 24.7. The molecule has 182 valence electrons. The number of nitrogens with one attached hydrogen (secondary N) is 1. The number of aryl methyl sites for hydroxylation is 2. The maximum absolute atomic E-state index is 14.0. The Morgan fingerprint density at radius 2 is 1.74 bits per heavy atom. The third-order valence-corrected chi connectivity index (χ3v) is 5.11. The molecule has 10 heteroatoms. The molecule has 0 aliphatic rings. The third-order valence-electron chi connectivity index (χ3n) is 5.11. The van der Waals surface area contributed by atoms with Gasteiger partial charge in [-0.05, 0) is 64.0 Å². The van der Waals surface area contributed by atoms with Crippen LogP contribution >= 0.6 is 0 Å². The maximum Gasteiger partial charge on any atom is 0.417 e. The molecule has 0 saturated heterocycles. The molecule has 0 saturated carbocycles. The average molecular weight is 479 g/mol. The molecule has 34 heavy (non-hydrogen) atoms. The smallest absolute Gasteiger partial charge is 0.370 e. The van der Waals surface area contributed by atoms with Gasteiger partial charge >= 0.3 is 6.18 Å². The lowest BCUT2D eigenvalue weighted by Gasteiger charge is -2.13. The van der Waals surface area contributed by atoms with Crippen molar-refractivity contribution in [1.29, 1.82) is 0 Å². The highest BCUT2D eigenvalue weighted by Gasteiger charge is 2.31. The molecule has 0 aliphatic heterocycles. The molecular formula is C24H26F5N5. The summed E-state index contributed by atoms with van der Waals surface area (Å²) in [5.74, 6) is -0.771. The van der Waals surface area contributed by atoms with Crippen LogP contribution in [0.5, 0.6) is 0 Å². The molecule has 3 rings (SSSR count). The van der Waals surface area contributed by atoms with Crippen LogP contribution in [0, 0.1) is 11.6 Å². The predicted molar refractivity (Wildman–Crippen MR) is 120 cm³/mol. The number of hydrogen-bond acceptors (Lipinski definition) is 5. The Bertz CT molecular complexity index is 1100. The summed E-state index contributed by atoms with van der Waals surface area (Å²) < 4.78 is 66.7. The SMILES string of the molecule is CN(C)CCCCNc1cc(CCc2ccc(F)cc2F)nc(-c2cncc(C(F)(F)F)c2)n1. The minimum Gasteiger partial charge on any atom is -0.370 e. The molecule has 1 N–H and O–H groups in total. The summed E-state index contributed by atoms with van der Waals surface area (Å²) >= 11 is 0. The minimum absolute atomic E-state index is 0.0893. The second-order valence-electron chi connectivity index (χ2n) is 8.20. The summed E-state index contributed by atoms with van der Waals surface area (Å²) in [6.07, 6.45) is -0.159. The molecule has 0 amide bonds. The van der Waals surface area contributed by atoms with E-state index in [0.717, 1.165) is 37.7 Å². The second-order valence-corrected chi connectivity index (χ2v) is 8.20. The molecule has 0 spiro atoms. The number of pyridine rings is 1. The van der Waals surface area contributed by atoms with Gasteiger partial charge in [-0.2, -0.15) is 13.2 Å². The van der Waals surface area contributed by atoms with Crippen LogP contribution < -0.4 is 5.32 Å². The van der Waals surface area contributed by atoms with Crippen LogP contribution in [0.15, 0.2) is 42.7 Å². The van der Waals surface area contributed by atoms with Crippen LogP contribution in [0.25, 0.3) is 11.4 Å². The first-order valence-corrected chi connectivity index (χ1v) is 10.8. The molecular weight excluding hydrogens is 453 g/mol. The van der Waals surface area contributed by atoms with Gasteiger partial charge in [-0.15, -0.1) is 0 Å². The zero-order valence-electron chi connectivity index (χ0n) is 19.0. The molecule has 0 radical (unpaired) electrons. The number of nitrogens with zero attached hydrogens (tertiary/aromatic N) is 4. The second kappa shape index (κ2) is 11.3. The fraction of sp³-hybridized carbons (Fsp3) is 0.375. The van der Waals surface area contributed by atoms with Crippen molar-refractivity contribution in [3.05, 3.63) is 71.2 Å². The molecule has 0 aliphatic carbocycles. The fourth-order valence-electron chi connectivity index (χ4n) is 3.32. The molecule has 3 aromatic rings. The van der Waals surface area contributed by atoms with Gasteiger partial charge < -0.3 is 10.2 Å². The quantitative estimate of drug-likeness (QED) is 0.313. The predicted octanol–water partition coefficient (Wildman–Crippen LogP) is 5.37. The van der Waals surface area contributed by atoms with Crippen molar-refractivity contribution >= 4 is 5.82 Å².